The van der Waals surface area contributed by atoms with Gasteiger partial charge in [0.15, 0.2) is 0 Å². The van der Waals surface area contributed by atoms with Crippen LogP contribution in [0.25, 0.3) is 0 Å². The molecule has 0 aromatic carbocycles. The average Bonchev–Trinajstić information content (AvgIpc) is 2.58. The second-order valence-corrected chi connectivity index (χ2v) is 5.93. The van der Waals surface area contributed by atoms with Crippen molar-refractivity contribution in [3.8, 4) is 0 Å². The first kappa shape index (κ1) is 12.0. The number of thioether (sulfide) groups is 1. The van der Waals surface area contributed by atoms with Crippen molar-refractivity contribution in [3.05, 3.63) is 16.1 Å². The summed E-state index contributed by atoms with van der Waals surface area (Å²) in [4.78, 5) is 5.56. The Hall–Kier alpha value is -0.0600. The van der Waals surface area contributed by atoms with Crippen LogP contribution in [0.2, 0.25) is 0 Å². The number of rotatable bonds is 6. The van der Waals surface area contributed by atoms with Crippen LogP contribution in [-0.4, -0.2) is 22.5 Å². The molecule has 4 heteroatoms. The smallest absolute Gasteiger partial charge is 0.0897 e. The van der Waals surface area contributed by atoms with E-state index in [2.05, 4.69) is 24.1 Å². The second kappa shape index (κ2) is 6.43. The van der Waals surface area contributed by atoms with Gasteiger partial charge in [-0.25, -0.2) is 4.98 Å². The molecule has 0 aliphatic rings. The summed E-state index contributed by atoms with van der Waals surface area (Å²) in [5.74, 6) is 2.39. The van der Waals surface area contributed by atoms with Crippen molar-refractivity contribution in [3.63, 3.8) is 0 Å². The van der Waals surface area contributed by atoms with E-state index in [1.54, 1.807) is 11.3 Å². The molecule has 1 unspecified atom stereocenters. The van der Waals surface area contributed by atoms with Crippen LogP contribution in [0.1, 0.15) is 23.7 Å². The van der Waals surface area contributed by atoms with Gasteiger partial charge >= 0.3 is 0 Å². The van der Waals surface area contributed by atoms with Crippen LogP contribution >= 0.6 is 23.1 Å². The molecule has 0 aliphatic heterocycles. The Bertz CT molecular complexity index is 260. The van der Waals surface area contributed by atoms with Crippen LogP contribution in [0, 0.1) is 6.92 Å². The summed E-state index contributed by atoms with van der Waals surface area (Å²) in [5, 5.41) is 4.65. The zero-order chi connectivity index (χ0) is 10.4. The second-order valence-electron chi connectivity index (χ2n) is 3.29. The average molecular weight is 230 g/mol. The lowest BCUT2D eigenvalue weighted by Gasteiger charge is -2.11. The van der Waals surface area contributed by atoms with Crippen molar-refractivity contribution < 1.29 is 0 Å². The lowest BCUT2D eigenvalue weighted by atomic mass is 10.4. The van der Waals surface area contributed by atoms with Crippen LogP contribution < -0.4 is 5.32 Å². The summed E-state index contributed by atoms with van der Waals surface area (Å²) in [6.07, 6.45) is 1.96. The highest BCUT2D eigenvalue weighted by molar-refractivity contribution is 7.99. The monoisotopic (exact) mass is 230 g/mol. The molecule has 1 atom stereocenters. The first-order valence-electron chi connectivity index (χ1n) is 4.94. The van der Waals surface area contributed by atoms with Gasteiger partial charge in [0.05, 0.1) is 5.01 Å². The summed E-state index contributed by atoms with van der Waals surface area (Å²) in [5.41, 5.74) is 0. The Morgan fingerprint density at radius 3 is 3.00 bits per heavy atom. The lowest BCUT2D eigenvalue weighted by Crippen LogP contribution is -2.27. The van der Waals surface area contributed by atoms with Gasteiger partial charge in [-0.15, -0.1) is 11.3 Å². The van der Waals surface area contributed by atoms with E-state index in [1.807, 2.05) is 24.9 Å². The zero-order valence-corrected chi connectivity index (χ0v) is 10.7. The maximum Gasteiger partial charge on any atom is 0.0897 e. The minimum absolute atomic E-state index is 0.586. The Morgan fingerprint density at radius 1 is 1.64 bits per heavy atom. The highest BCUT2D eigenvalue weighted by Crippen LogP contribution is 2.11. The zero-order valence-electron chi connectivity index (χ0n) is 9.04. The first-order valence-corrected chi connectivity index (χ1v) is 6.92. The molecule has 1 N–H and O–H groups in total. The van der Waals surface area contributed by atoms with Crippen molar-refractivity contribution >= 4 is 23.1 Å². The van der Waals surface area contributed by atoms with Gasteiger partial charge in [0.1, 0.15) is 0 Å². The van der Waals surface area contributed by atoms with Gasteiger partial charge in [-0.1, -0.05) is 6.92 Å². The number of thiazole rings is 1. The summed E-state index contributed by atoms with van der Waals surface area (Å²) in [7, 11) is 0. The number of aryl methyl sites for hydroxylation is 1. The van der Waals surface area contributed by atoms with Crippen molar-refractivity contribution in [1.82, 2.24) is 10.3 Å². The molecule has 2 nitrogen and oxygen atoms in total. The molecule has 1 rings (SSSR count). The molecular weight excluding hydrogens is 212 g/mol. The molecule has 0 radical (unpaired) electrons. The molecule has 1 heterocycles. The fourth-order valence-corrected chi connectivity index (χ4v) is 2.57. The highest BCUT2D eigenvalue weighted by atomic mass is 32.2. The number of nitrogens with zero attached hydrogens (tertiary/aromatic N) is 1. The number of nitrogens with one attached hydrogen (secondary N) is 1. The number of aromatic nitrogens is 1. The van der Waals surface area contributed by atoms with Crippen LogP contribution in [0.4, 0.5) is 0 Å². The third-order valence-corrected chi connectivity index (χ3v) is 3.92. The molecular formula is C10H18N2S2. The van der Waals surface area contributed by atoms with Crippen LogP contribution in [-0.2, 0) is 6.54 Å². The van der Waals surface area contributed by atoms with E-state index in [9.17, 15) is 0 Å². The predicted octanol–water partition coefficient (Wildman–Crippen LogP) is 2.68. The topological polar surface area (TPSA) is 24.9 Å². The predicted molar refractivity (Wildman–Crippen MR) is 66.2 cm³/mol. The van der Waals surface area contributed by atoms with E-state index in [4.69, 9.17) is 0 Å². The van der Waals surface area contributed by atoms with E-state index in [0.29, 0.717) is 6.04 Å². The Morgan fingerprint density at radius 2 is 2.43 bits per heavy atom. The fourth-order valence-electron chi connectivity index (χ4n) is 1.12. The van der Waals surface area contributed by atoms with Gasteiger partial charge in [0, 0.05) is 29.4 Å². The van der Waals surface area contributed by atoms with Crippen molar-refractivity contribution in [2.24, 2.45) is 0 Å². The van der Waals surface area contributed by atoms with Gasteiger partial charge in [-0.2, -0.15) is 11.8 Å². The number of hydrogen-bond acceptors (Lipinski definition) is 4. The third kappa shape index (κ3) is 4.44. The summed E-state index contributed by atoms with van der Waals surface area (Å²) < 4.78 is 0. The molecule has 1 aromatic rings. The minimum Gasteiger partial charge on any atom is -0.309 e. The molecule has 80 valence electrons. The number of hydrogen-bond donors (Lipinski definition) is 1. The van der Waals surface area contributed by atoms with E-state index >= 15 is 0 Å². The molecule has 0 spiro atoms. The van der Waals surface area contributed by atoms with Crippen LogP contribution in [0.3, 0.4) is 0 Å². The maximum absolute atomic E-state index is 4.23. The molecule has 0 fully saturated rings. The van der Waals surface area contributed by atoms with E-state index < -0.39 is 0 Å². The molecule has 0 amide bonds. The third-order valence-electron chi connectivity index (χ3n) is 1.87. The van der Waals surface area contributed by atoms with Gasteiger partial charge in [-0.05, 0) is 19.6 Å². The van der Waals surface area contributed by atoms with Crippen molar-refractivity contribution in [1.29, 1.82) is 0 Å². The van der Waals surface area contributed by atoms with Crippen LogP contribution in [0.15, 0.2) is 6.20 Å². The summed E-state index contributed by atoms with van der Waals surface area (Å²) >= 11 is 3.75. The normalized spacial score (nSPS) is 13.1. The Labute approximate surface area is 94.5 Å². The molecule has 0 aliphatic carbocycles. The van der Waals surface area contributed by atoms with E-state index in [1.165, 1.54) is 16.4 Å². The standard InChI is InChI=1S/C10H18N2S2/c1-4-13-7-8(2)11-5-10-6-12-9(3)14-10/h6,8,11H,4-5,7H2,1-3H3. The van der Waals surface area contributed by atoms with Crippen molar-refractivity contribution in [2.45, 2.75) is 33.4 Å². The van der Waals surface area contributed by atoms with E-state index in [0.717, 1.165) is 11.6 Å². The summed E-state index contributed by atoms with van der Waals surface area (Å²) in [6.45, 7) is 7.43. The molecule has 0 bridgehead atoms. The molecule has 1 aromatic heterocycles. The van der Waals surface area contributed by atoms with Gasteiger partial charge < -0.3 is 5.32 Å². The molecule has 0 saturated heterocycles. The molecule has 14 heavy (non-hydrogen) atoms. The largest absolute Gasteiger partial charge is 0.309 e. The molecule has 0 saturated carbocycles. The SMILES string of the molecule is CCSCC(C)NCc1cnc(C)s1. The highest BCUT2D eigenvalue weighted by Gasteiger charge is 2.02. The Kier molecular flexibility index (Phi) is 5.52. The fraction of sp³-hybridized carbons (Fsp3) is 0.700. The maximum atomic E-state index is 4.23. The van der Waals surface area contributed by atoms with Gasteiger partial charge in [0.25, 0.3) is 0 Å². The first-order chi connectivity index (χ1) is 6.72. The summed E-state index contributed by atoms with van der Waals surface area (Å²) in [6, 6.07) is 0.586. The van der Waals surface area contributed by atoms with E-state index in [-0.39, 0.29) is 0 Å². The quantitative estimate of drug-likeness (QED) is 0.813. The van der Waals surface area contributed by atoms with Crippen molar-refractivity contribution in [2.75, 3.05) is 11.5 Å². The lowest BCUT2D eigenvalue weighted by molar-refractivity contribution is 0.600. The van der Waals surface area contributed by atoms with Crippen LogP contribution in [0.5, 0.6) is 0 Å². The Balaban J connectivity index is 2.20. The van der Waals surface area contributed by atoms with Gasteiger partial charge in [0.2, 0.25) is 0 Å². The van der Waals surface area contributed by atoms with Gasteiger partial charge in [-0.3, -0.25) is 0 Å². The minimum atomic E-state index is 0.586.